The second kappa shape index (κ2) is 4.76. The zero-order valence-electron chi connectivity index (χ0n) is 8.76. The van der Waals surface area contributed by atoms with E-state index >= 15 is 0 Å². The number of hydrogen-bond acceptors (Lipinski definition) is 0. The highest BCUT2D eigenvalue weighted by molar-refractivity contribution is 6.45. The van der Waals surface area contributed by atoms with Gasteiger partial charge in [-0.3, -0.25) is 0 Å². The molecule has 0 nitrogen and oxygen atoms in total. The largest absolute Gasteiger partial charge is 0.117 e. The summed E-state index contributed by atoms with van der Waals surface area (Å²) in [6, 6.07) is 10.5. The van der Waals surface area contributed by atoms with Crippen molar-refractivity contribution in [1.82, 2.24) is 0 Å². The molecule has 0 aliphatic heterocycles. The van der Waals surface area contributed by atoms with Crippen molar-refractivity contribution >= 4 is 23.2 Å². The molecular formula is C13H16Cl2. The summed E-state index contributed by atoms with van der Waals surface area (Å²) in [5, 5.41) is 0. The second-order valence-corrected chi connectivity index (χ2v) is 5.48. The summed E-state index contributed by atoms with van der Waals surface area (Å²) in [5.41, 5.74) is 1.31. The van der Waals surface area contributed by atoms with Crippen LogP contribution in [0.15, 0.2) is 30.3 Å². The first kappa shape index (κ1) is 11.3. The van der Waals surface area contributed by atoms with Crippen LogP contribution in [-0.2, 0) is 5.41 Å². The van der Waals surface area contributed by atoms with Gasteiger partial charge in [0.05, 0.1) is 0 Å². The highest BCUT2D eigenvalue weighted by atomic mass is 35.5. The molecule has 0 amide bonds. The van der Waals surface area contributed by atoms with E-state index in [-0.39, 0.29) is 10.3 Å². The van der Waals surface area contributed by atoms with Crippen molar-refractivity contribution in [2.45, 2.75) is 42.4 Å². The molecule has 2 rings (SSSR count). The summed E-state index contributed by atoms with van der Waals surface area (Å²) in [6.45, 7) is 0. The standard InChI is InChI=1S/C13H16Cl2/c14-12(15)13(9-5-2-6-10-13)11-7-3-1-4-8-11/h1,3-4,7-8,12H,2,5-6,9-10H2. The van der Waals surface area contributed by atoms with Crippen molar-refractivity contribution in [3.05, 3.63) is 35.9 Å². The van der Waals surface area contributed by atoms with Crippen LogP contribution in [0, 0.1) is 0 Å². The van der Waals surface area contributed by atoms with E-state index in [0.717, 1.165) is 12.8 Å². The Morgan fingerprint density at radius 1 is 0.933 bits per heavy atom. The average molecular weight is 243 g/mol. The van der Waals surface area contributed by atoms with Gasteiger partial charge in [0, 0.05) is 5.41 Å². The molecule has 0 unspecified atom stereocenters. The van der Waals surface area contributed by atoms with Gasteiger partial charge in [0.25, 0.3) is 0 Å². The first-order valence-electron chi connectivity index (χ1n) is 5.59. The topological polar surface area (TPSA) is 0 Å². The van der Waals surface area contributed by atoms with Crippen molar-refractivity contribution in [1.29, 1.82) is 0 Å². The van der Waals surface area contributed by atoms with Crippen LogP contribution in [0.1, 0.15) is 37.7 Å². The van der Waals surface area contributed by atoms with Gasteiger partial charge in [0.2, 0.25) is 0 Å². The average Bonchev–Trinajstić information content (AvgIpc) is 2.31. The molecule has 0 bridgehead atoms. The maximum atomic E-state index is 6.21. The van der Waals surface area contributed by atoms with Crippen LogP contribution in [0.5, 0.6) is 0 Å². The monoisotopic (exact) mass is 242 g/mol. The van der Waals surface area contributed by atoms with Crippen molar-refractivity contribution in [2.24, 2.45) is 0 Å². The van der Waals surface area contributed by atoms with Crippen molar-refractivity contribution in [2.75, 3.05) is 0 Å². The maximum Gasteiger partial charge on any atom is 0.117 e. The molecule has 15 heavy (non-hydrogen) atoms. The predicted octanol–water partition coefficient (Wildman–Crippen LogP) is 4.69. The van der Waals surface area contributed by atoms with Gasteiger partial charge in [-0.2, -0.15) is 0 Å². The number of benzene rings is 1. The van der Waals surface area contributed by atoms with E-state index in [2.05, 4.69) is 24.3 Å². The van der Waals surface area contributed by atoms with Crippen LogP contribution >= 0.6 is 23.2 Å². The minimum atomic E-state index is -0.291. The molecule has 1 aliphatic carbocycles. The lowest BCUT2D eigenvalue weighted by molar-refractivity contribution is 0.310. The fourth-order valence-electron chi connectivity index (χ4n) is 2.59. The zero-order valence-corrected chi connectivity index (χ0v) is 10.3. The van der Waals surface area contributed by atoms with Gasteiger partial charge >= 0.3 is 0 Å². The highest BCUT2D eigenvalue weighted by Gasteiger charge is 2.39. The highest BCUT2D eigenvalue weighted by Crippen LogP contribution is 2.45. The van der Waals surface area contributed by atoms with Crippen LogP contribution in [0.25, 0.3) is 0 Å². The molecule has 1 aliphatic rings. The minimum Gasteiger partial charge on any atom is -0.104 e. The van der Waals surface area contributed by atoms with Gasteiger partial charge in [-0.05, 0) is 18.4 Å². The molecular weight excluding hydrogens is 227 g/mol. The van der Waals surface area contributed by atoms with Gasteiger partial charge in [-0.15, -0.1) is 23.2 Å². The Balaban J connectivity index is 2.34. The maximum absolute atomic E-state index is 6.21. The molecule has 0 radical (unpaired) electrons. The van der Waals surface area contributed by atoms with E-state index < -0.39 is 0 Å². The molecule has 0 atom stereocenters. The molecule has 1 aromatic rings. The Bertz CT molecular complexity index is 300. The lowest BCUT2D eigenvalue weighted by Crippen LogP contribution is -2.35. The third-order valence-electron chi connectivity index (χ3n) is 3.51. The van der Waals surface area contributed by atoms with E-state index in [1.165, 1.54) is 24.8 Å². The number of hydrogen-bond donors (Lipinski definition) is 0. The molecule has 0 aromatic heterocycles. The van der Waals surface area contributed by atoms with Crippen LogP contribution < -0.4 is 0 Å². The molecule has 0 spiro atoms. The van der Waals surface area contributed by atoms with Crippen molar-refractivity contribution in [3.63, 3.8) is 0 Å². The zero-order chi connectivity index (χ0) is 10.7. The van der Waals surface area contributed by atoms with Gasteiger partial charge in [0.1, 0.15) is 4.84 Å². The van der Waals surface area contributed by atoms with Crippen LogP contribution in [0.4, 0.5) is 0 Å². The molecule has 0 saturated heterocycles. The molecule has 0 heterocycles. The van der Waals surface area contributed by atoms with Gasteiger partial charge in [0.15, 0.2) is 0 Å². The quantitative estimate of drug-likeness (QED) is 0.661. The Hall–Kier alpha value is -0.200. The third kappa shape index (κ3) is 2.16. The minimum absolute atomic E-state index is 0.00260. The lowest BCUT2D eigenvalue weighted by Gasteiger charge is -2.39. The summed E-state index contributed by atoms with van der Waals surface area (Å²) >= 11 is 12.4. The first-order chi connectivity index (χ1) is 7.26. The second-order valence-electron chi connectivity index (χ2n) is 4.38. The Morgan fingerprint density at radius 3 is 2.07 bits per heavy atom. The summed E-state index contributed by atoms with van der Waals surface area (Å²) in [5.74, 6) is 0. The van der Waals surface area contributed by atoms with E-state index in [4.69, 9.17) is 23.2 Å². The van der Waals surface area contributed by atoms with Crippen molar-refractivity contribution in [3.8, 4) is 0 Å². The van der Waals surface area contributed by atoms with Crippen molar-refractivity contribution < 1.29 is 0 Å². The molecule has 1 fully saturated rings. The summed E-state index contributed by atoms with van der Waals surface area (Å²) < 4.78 is 0. The molecule has 1 aromatic carbocycles. The molecule has 0 N–H and O–H groups in total. The van der Waals surface area contributed by atoms with Crippen LogP contribution in [0.3, 0.4) is 0 Å². The van der Waals surface area contributed by atoms with Crippen LogP contribution in [0.2, 0.25) is 0 Å². The van der Waals surface area contributed by atoms with Crippen LogP contribution in [-0.4, -0.2) is 4.84 Å². The first-order valence-corrected chi connectivity index (χ1v) is 6.47. The lowest BCUT2D eigenvalue weighted by atomic mass is 9.70. The number of halogens is 2. The Labute approximate surface area is 102 Å². The van der Waals surface area contributed by atoms with Gasteiger partial charge in [-0.25, -0.2) is 0 Å². The fraction of sp³-hybridized carbons (Fsp3) is 0.538. The Morgan fingerprint density at radius 2 is 1.53 bits per heavy atom. The van der Waals surface area contributed by atoms with E-state index in [1.54, 1.807) is 0 Å². The van der Waals surface area contributed by atoms with Gasteiger partial charge < -0.3 is 0 Å². The number of alkyl halides is 2. The van der Waals surface area contributed by atoms with Gasteiger partial charge in [-0.1, -0.05) is 49.6 Å². The smallest absolute Gasteiger partial charge is 0.104 e. The molecule has 82 valence electrons. The van der Waals surface area contributed by atoms with E-state index in [1.807, 2.05) is 6.07 Å². The predicted molar refractivity (Wildman–Crippen MR) is 66.7 cm³/mol. The van der Waals surface area contributed by atoms with E-state index in [9.17, 15) is 0 Å². The molecule has 1 saturated carbocycles. The summed E-state index contributed by atoms with van der Waals surface area (Å²) in [4.78, 5) is -0.291. The summed E-state index contributed by atoms with van der Waals surface area (Å²) in [7, 11) is 0. The normalized spacial score (nSPS) is 20.5. The summed E-state index contributed by atoms with van der Waals surface area (Å²) in [6.07, 6.45) is 6.04. The van der Waals surface area contributed by atoms with E-state index in [0.29, 0.717) is 0 Å². The third-order valence-corrected chi connectivity index (χ3v) is 4.35. The molecule has 2 heteroatoms. The SMILES string of the molecule is ClC(Cl)C1(c2ccccc2)CCCCC1. The Kier molecular flexibility index (Phi) is 3.58. The number of rotatable bonds is 2. The fourth-order valence-corrected chi connectivity index (χ4v) is 3.27.